The zero-order valence-corrected chi connectivity index (χ0v) is 7.93. The van der Waals surface area contributed by atoms with Gasteiger partial charge < -0.3 is 9.47 Å². The van der Waals surface area contributed by atoms with Gasteiger partial charge in [0.05, 0.1) is 0 Å². The van der Waals surface area contributed by atoms with E-state index in [9.17, 15) is 0 Å². The highest BCUT2D eigenvalue weighted by Crippen LogP contribution is 2.14. The molecule has 68 valence electrons. The molecule has 0 bridgehead atoms. The minimum atomic E-state index is -0.0370. The molecule has 0 aromatic carbocycles. The van der Waals surface area contributed by atoms with Crippen LogP contribution in [0.3, 0.4) is 0 Å². The van der Waals surface area contributed by atoms with Gasteiger partial charge in [-0.05, 0) is 20.8 Å². The van der Waals surface area contributed by atoms with Crippen molar-refractivity contribution in [1.82, 2.24) is 0 Å². The standard InChI is InChI=1S/C6H14O2.C3H6/c1-4-7-6(3)8-5-2;1-2-3-1/h6H,4-5H2,1-3H3;1-3H2. The Morgan fingerprint density at radius 2 is 1.36 bits per heavy atom. The number of rotatable bonds is 4. The van der Waals surface area contributed by atoms with Crippen LogP contribution < -0.4 is 0 Å². The lowest BCUT2D eigenvalue weighted by atomic mass is 10.7. The van der Waals surface area contributed by atoms with Crippen molar-refractivity contribution in [1.29, 1.82) is 0 Å². The highest BCUT2D eigenvalue weighted by atomic mass is 16.7. The first-order chi connectivity index (χ1) is 5.31. The molecule has 0 aromatic heterocycles. The third-order valence-corrected chi connectivity index (χ3v) is 1.16. The SMILES string of the molecule is C1CC1.CCOC(C)OCC. The average molecular weight is 160 g/mol. The summed E-state index contributed by atoms with van der Waals surface area (Å²) in [6.45, 7) is 7.25. The molecule has 1 saturated carbocycles. The molecule has 0 spiro atoms. The van der Waals surface area contributed by atoms with E-state index in [0.717, 1.165) is 13.2 Å². The van der Waals surface area contributed by atoms with Crippen LogP contribution in [0.5, 0.6) is 0 Å². The molecule has 0 heterocycles. The summed E-state index contributed by atoms with van der Waals surface area (Å²) in [7, 11) is 0. The van der Waals surface area contributed by atoms with Crippen molar-refractivity contribution >= 4 is 0 Å². The molecular weight excluding hydrogens is 140 g/mol. The van der Waals surface area contributed by atoms with Gasteiger partial charge in [0.1, 0.15) is 0 Å². The topological polar surface area (TPSA) is 18.5 Å². The van der Waals surface area contributed by atoms with Crippen molar-refractivity contribution in [3.8, 4) is 0 Å². The first-order valence-corrected chi connectivity index (χ1v) is 4.54. The van der Waals surface area contributed by atoms with Crippen LogP contribution in [-0.2, 0) is 9.47 Å². The minimum absolute atomic E-state index is 0.0370. The van der Waals surface area contributed by atoms with Crippen LogP contribution >= 0.6 is 0 Å². The molecule has 0 radical (unpaired) electrons. The normalized spacial score (nSPS) is 14.2. The first kappa shape index (κ1) is 10.9. The lowest BCUT2D eigenvalue weighted by molar-refractivity contribution is -0.123. The first-order valence-electron chi connectivity index (χ1n) is 4.54. The van der Waals surface area contributed by atoms with Crippen molar-refractivity contribution in [2.75, 3.05) is 13.2 Å². The minimum Gasteiger partial charge on any atom is -0.353 e. The molecule has 1 aliphatic carbocycles. The van der Waals surface area contributed by atoms with Crippen LogP contribution in [-0.4, -0.2) is 19.5 Å². The van der Waals surface area contributed by atoms with Gasteiger partial charge in [0.15, 0.2) is 6.29 Å². The summed E-state index contributed by atoms with van der Waals surface area (Å²) in [6, 6.07) is 0. The lowest BCUT2D eigenvalue weighted by Gasteiger charge is -2.09. The van der Waals surface area contributed by atoms with Crippen LogP contribution in [0.2, 0.25) is 0 Å². The van der Waals surface area contributed by atoms with E-state index in [2.05, 4.69) is 0 Å². The lowest BCUT2D eigenvalue weighted by Crippen LogP contribution is -2.11. The Morgan fingerprint density at radius 1 is 1.00 bits per heavy atom. The summed E-state index contributed by atoms with van der Waals surface area (Å²) in [5, 5.41) is 0. The van der Waals surface area contributed by atoms with Crippen molar-refractivity contribution in [3.63, 3.8) is 0 Å². The monoisotopic (exact) mass is 160 g/mol. The van der Waals surface area contributed by atoms with Crippen LogP contribution in [0.15, 0.2) is 0 Å². The van der Waals surface area contributed by atoms with E-state index in [4.69, 9.17) is 9.47 Å². The zero-order valence-electron chi connectivity index (χ0n) is 7.93. The van der Waals surface area contributed by atoms with Crippen molar-refractivity contribution < 1.29 is 9.47 Å². The summed E-state index contributed by atoms with van der Waals surface area (Å²) in [5.74, 6) is 0. The molecule has 1 fully saturated rings. The van der Waals surface area contributed by atoms with Gasteiger partial charge in [-0.3, -0.25) is 0 Å². The van der Waals surface area contributed by atoms with E-state index >= 15 is 0 Å². The van der Waals surface area contributed by atoms with Gasteiger partial charge in [0.25, 0.3) is 0 Å². The number of hydrogen-bond acceptors (Lipinski definition) is 2. The maximum Gasteiger partial charge on any atom is 0.154 e. The molecule has 0 atom stereocenters. The maximum absolute atomic E-state index is 5.06. The van der Waals surface area contributed by atoms with Gasteiger partial charge in [0.2, 0.25) is 0 Å². The number of hydrogen-bond donors (Lipinski definition) is 0. The molecule has 0 unspecified atom stereocenters. The quantitative estimate of drug-likeness (QED) is 0.588. The largest absolute Gasteiger partial charge is 0.353 e. The van der Waals surface area contributed by atoms with Gasteiger partial charge in [-0.15, -0.1) is 0 Å². The molecule has 0 N–H and O–H groups in total. The summed E-state index contributed by atoms with van der Waals surface area (Å²) < 4.78 is 10.1. The smallest absolute Gasteiger partial charge is 0.154 e. The van der Waals surface area contributed by atoms with Gasteiger partial charge in [-0.25, -0.2) is 0 Å². The Kier molecular flexibility index (Phi) is 7.96. The Hall–Kier alpha value is -0.0800. The maximum atomic E-state index is 5.06. The molecule has 0 aliphatic heterocycles. The Morgan fingerprint density at radius 3 is 1.55 bits per heavy atom. The van der Waals surface area contributed by atoms with Crippen LogP contribution in [0, 0.1) is 0 Å². The fourth-order valence-corrected chi connectivity index (χ4v) is 0.518. The second-order valence-corrected chi connectivity index (χ2v) is 2.54. The highest BCUT2D eigenvalue weighted by Gasteiger charge is 1.95. The summed E-state index contributed by atoms with van der Waals surface area (Å²) >= 11 is 0. The molecule has 2 heteroatoms. The van der Waals surface area contributed by atoms with Gasteiger partial charge >= 0.3 is 0 Å². The van der Waals surface area contributed by atoms with Crippen molar-refractivity contribution in [2.45, 2.75) is 46.3 Å². The molecule has 11 heavy (non-hydrogen) atoms. The van der Waals surface area contributed by atoms with E-state index in [-0.39, 0.29) is 6.29 Å². The number of ether oxygens (including phenoxy) is 2. The predicted octanol–water partition coefficient (Wildman–Crippen LogP) is 2.58. The van der Waals surface area contributed by atoms with E-state index < -0.39 is 0 Å². The van der Waals surface area contributed by atoms with Crippen molar-refractivity contribution in [3.05, 3.63) is 0 Å². The van der Waals surface area contributed by atoms with Crippen LogP contribution in [0.4, 0.5) is 0 Å². The third-order valence-electron chi connectivity index (χ3n) is 1.16. The van der Waals surface area contributed by atoms with Gasteiger partial charge in [-0.2, -0.15) is 0 Å². The molecule has 0 aromatic rings. The zero-order chi connectivity index (χ0) is 8.53. The van der Waals surface area contributed by atoms with Crippen LogP contribution in [0.1, 0.15) is 40.0 Å². The van der Waals surface area contributed by atoms with E-state index in [1.807, 2.05) is 20.8 Å². The fourth-order valence-electron chi connectivity index (χ4n) is 0.518. The average Bonchev–Trinajstić information content (AvgIpc) is 2.72. The molecule has 0 amide bonds. The highest BCUT2D eigenvalue weighted by molar-refractivity contribution is 4.50. The van der Waals surface area contributed by atoms with Gasteiger partial charge in [-0.1, -0.05) is 19.3 Å². The molecule has 1 rings (SSSR count). The van der Waals surface area contributed by atoms with E-state index in [0.29, 0.717) is 0 Å². The Labute approximate surface area is 69.9 Å². The fraction of sp³-hybridized carbons (Fsp3) is 1.00. The van der Waals surface area contributed by atoms with E-state index in [1.165, 1.54) is 19.3 Å². The second-order valence-electron chi connectivity index (χ2n) is 2.54. The molecular formula is C9H20O2. The Bertz CT molecular complexity index is 63.2. The second kappa shape index (κ2) is 8.02. The van der Waals surface area contributed by atoms with Crippen LogP contribution in [0.25, 0.3) is 0 Å². The summed E-state index contributed by atoms with van der Waals surface area (Å²) in [6.07, 6.45) is 4.46. The summed E-state index contributed by atoms with van der Waals surface area (Å²) in [5.41, 5.74) is 0. The Balaban J connectivity index is 0.000000271. The molecule has 2 nitrogen and oxygen atoms in total. The summed E-state index contributed by atoms with van der Waals surface area (Å²) in [4.78, 5) is 0. The predicted molar refractivity (Wildman–Crippen MR) is 46.6 cm³/mol. The van der Waals surface area contributed by atoms with E-state index in [1.54, 1.807) is 0 Å². The molecule has 0 saturated heterocycles. The van der Waals surface area contributed by atoms with Gasteiger partial charge in [0, 0.05) is 13.2 Å². The third kappa shape index (κ3) is 13.0. The van der Waals surface area contributed by atoms with Crippen molar-refractivity contribution in [2.24, 2.45) is 0 Å². The molecule has 1 aliphatic rings.